The Morgan fingerprint density at radius 1 is 0.571 bits per heavy atom. The Kier molecular flexibility index (Phi) is 7.87. The molecule has 5 N–H and O–H groups in total. The molecule has 1 aliphatic heterocycles. The number of aromatic nitrogens is 1. The number of benzene rings is 1. The molecule has 0 bridgehead atoms. The molecule has 0 saturated carbocycles. The van der Waals surface area contributed by atoms with Crippen LogP contribution in [0.15, 0.2) is 36.5 Å². The summed E-state index contributed by atoms with van der Waals surface area (Å²) < 4.78 is 0. The number of hydrogen-bond donors (Lipinski definition) is 5. The molecule has 116 valence electrons. The standard InChI is InChI=1S/C8H20N4.C8H7N/c1-2-10-5-6-12-8-7-11-4-3-9-1;1-2-4-8-7(3-1)5-6-9-8/h9-12H,1-8H2;1-6,9H. The maximum atomic E-state index is 3.36. The highest BCUT2D eigenvalue weighted by Gasteiger charge is 1.92. The van der Waals surface area contributed by atoms with Crippen LogP contribution in [-0.4, -0.2) is 57.3 Å². The molecule has 0 aliphatic carbocycles. The third kappa shape index (κ3) is 6.73. The molecule has 0 radical (unpaired) electrons. The molecule has 1 aromatic carbocycles. The van der Waals surface area contributed by atoms with Gasteiger partial charge in [0.2, 0.25) is 0 Å². The highest BCUT2D eigenvalue weighted by Crippen LogP contribution is 2.09. The summed E-state index contributed by atoms with van der Waals surface area (Å²) in [5.74, 6) is 0. The first-order valence-electron chi connectivity index (χ1n) is 7.82. The van der Waals surface area contributed by atoms with E-state index in [1.165, 1.54) is 10.9 Å². The van der Waals surface area contributed by atoms with Crippen molar-refractivity contribution in [3.05, 3.63) is 36.5 Å². The van der Waals surface area contributed by atoms with Crippen molar-refractivity contribution in [1.82, 2.24) is 26.3 Å². The van der Waals surface area contributed by atoms with E-state index < -0.39 is 0 Å². The van der Waals surface area contributed by atoms with Crippen molar-refractivity contribution in [2.45, 2.75) is 0 Å². The second kappa shape index (κ2) is 10.3. The lowest BCUT2D eigenvalue weighted by atomic mass is 10.3. The van der Waals surface area contributed by atoms with E-state index in [2.05, 4.69) is 44.5 Å². The molecular weight excluding hydrogens is 262 g/mol. The topological polar surface area (TPSA) is 63.9 Å². The van der Waals surface area contributed by atoms with E-state index in [0.29, 0.717) is 0 Å². The summed E-state index contributed by atoms with van der Waals surface area (Å²) in [6, 6.07) is 10.3. The van der Waals surface area contributed by atoms with E-state index in [9.17, 15) is 0 Å². The molecular formula is C16H27N5. The van der Waals surface area contributed by atoms with Gasteiger partial charge in [0.05, 0.1) is 0 Å². The van der Waals surface area contributed by atoms with Gasteiger partial charge in [0.1, 0.15) is 0 Å². The number of fused-ring (bicyclic) bond motifs is 1. The van der Waals surface area contributed by atoms with Gasteiger partial charge in [-0.25, -0.2) is 0 Å². The molecule has 0 amide bonds. The lowest BCUT2D eigenvalue weighted by molar-refractivity contribution is 0.534. The number of H-pyrrole nitrogens is 1. The summed E-state index contributed by atoms with van der Waals surface area (Å²) in [5, 5.41) is 14.7. The van der Waals surface area contributed by atoms with Crippen LogP contribution < -0.4 is 21.3 Å². The van der Waals surface area contributed by atoms with E-state index in [0.717, 1.165) is 52.4 Å². The molecule has 1 aliphatic rings. The van der Waals surface area contributed by atoms with Crippen LogP contribution in [0, 0.1) is 0 Å². The first kappa shape index (κ1) is 16.0. The van der Waals surface area contributed by atoms with Crippen LogP contribution in [0.25, 0.3) is 10.9 Å². The third-order valence-corrected chi connectivity index (χ3v) is 3.38. The number of nitrogens with one attached hydrogen (secondary N) is 5. The van der Waals surface area contributed by atoms with Gasteiger partial charge in [-0.05, 0) is 17.5 Å². The number of aromatic amines is 1. The summed E-state index contributed by atoms with van der Waals surface area (Å²) in [4.78, 5) is 3.12. The number of para-hydroxylation sites is 1. The van der Waals surface area contributed by atoms with Crippen molar-refractivity contribution < 1.29 is 0 Å². The molecule has 0 spiro atoms. The quantitative estimate of drug-likeness (QED) is 0.491. The van der Waals surface area contributed by atoms with Crippen LogP contribution in [0.5, 0.6) is 0 Å². The SMILES string of the molecule is C1CNCCNCCNCCN1.c1ccc2[nH]ccc2c1. The predicted molar refractivity (Wildman–Crippen MR) is 89.8 cm³/mol. The molecule has 1 saturated heterocycles. The first-order valence-corrected chi connectivity index (χ1v) is 7.82. The second-order valence-electron chi connectivity index (χ2n) is 5.06. The van der Waals surface area contributed by atoms with Crippen molar-refractivity contribution in [3.8, 4) is 0 Å². The molecule has 3 rings (SSSR count). The summed E-state index contributed by atoms with van der Waals surface area (Å²) in [7, 11) is 0. The largest absolute Gasteiger partial charge is 0.361 e. The zero-order valence-corrected chi connectivity index (χ0v) is 12.6. The van der Waals surface area contributed by atoms with Gasteiger partial charge in [-0.2, -0.15) is 0 Å². The van der Waals surface area contributed by atoms with Gasteiger partial charge in [0.25, 0.3) is 0 Å². The average Bonchev–Trinajstić information content (AvgIpc) is 2.97. The van der Waals surface area contributed by atoms with Gasteiger partial charge in [-0.1, -0.05) is 18.2 Å². The molecule has 1 fully saturated rings. The molecule has 2 aromatic rings. The molecule has 0 unspecified atom stereocenters. The van der Waals surface area contributed by atoms with Gasteiger partial charge in [0, 0.05) is 64.1 Å². The van der Waals surface area contributed by atoms with Crippen LogP contribution >= 0.6 is 0 Å². The van der Waals surface area contributed by atoms with Crippen molar-refractivity contribution in [2.24, 2.45) is 0 Å². The Morgan fingerprint density at radius 2 is 1.05 bits per heavy atom. The van der Waals surface area contributed by atoms with E-state index in [1.54, 1.807) is 0 Å². The Bertz CT molecular complexity index is 409. The molecule has 5 heteroatoms. The average molecular weight is 289 g/mol. The minimum Gasteiger partial charge on any atom is -0.361 e. The Balaban J connectivity index is 0.000000159. The maximum Gasteiger partial charge on any atom is 0.0453 e. The van der Waals surface area contributed by atoms with Crippen LogP contribution in [-0.2, 0) is 0 Å². The zero-order valence-electron chi connectivity index (χ0n) is 12.6. The van der Waals surface area contributed by atoms with Crippen molar-refractivity contribution >= 4 is 10.9 Å². The highest BCUT2D eigenvalue weighted by atomic mass is 15.0. The van der Waals surface area contributed by atoms with Gasteiger partial charge < -0.3 is 26.3 Å². The van der Waals surface area contributed by atoms with Crippen molar-refractivity contribution in [2.75, 3.05) is 52.4 Å². The molecule has 0 atom stereocenters. The summed E-state index contributed by atoms with van der Waals surface area (Å²) in [6.07, 6.45) is 1.95. The normalized spacial score (nSPS) is 18.1. The van der Waals surface area contributed by atoms with Crippen LogP contribution in [0.4, 0.5) is 0 Å². The van der Waals surface area contributed by atoms with Gasteiger partial charge >= 0.3 is 0 Å². The Morgan fingerprint density at radius 3 is 1.52 bits per heavy atom. The minimum absolute atomic E-state index is 1.07. The number of hydrogen-bond acceptors (Lipinski definition) is 4. The van der Waals surface area contributed by atoms with E-state index in [1.807, 2.05) is 18.3 Å². The van der Waals surface area contributed by atoms with Gasteiger partial charge in [0.15, 0.2) is 0 Å². The number of rotatable bonds is 0. The summed E-state index contributed by atoms with van der Waals surface area (Å²) >= 11 is 0. The Labute approximate surface area is 126 Å². The van der Waals surface area contributed by atoms with Crippen LogP contribution in [0.3, 0.4) is 0 Å². The summed E-state index contributed by atoms with van der Waals surface area (Å²) in [5.41, 5.74) is 1.21. The fourth-order valence-electron chi connectivity index (χ4n) is 2.20. The van der Waals surface area contributed by atoms with Crippen LogP contribution in [0.1, 0.15) is 0 Å². The lowest BCUT2D eigenvalue weighted by Crippen LogP contribution is -2.39. The predicted octanol–water partition coefficient (Wildman–Crippen LogP) is 0.526. The smallest absolute Gasteiger partial charge is 0.0453 e. The molecule has 21 heavy (non-hydrogen) atoms. The lowest BCUT2D eigenvalue weighted by Gasteiger charge is -2.11. The first-order chi connectivity index (χ1) is 10.5. The third-order valence-electron chi connectivity index (χ3n) is 3.38. The Hall–Kier alpha value is -1.40. The summed E-state index contributed by atoms with van der Waals surface area (Å²) in [6.45, 7) is 8.57. The molecule has 1 aromatic heterocycles. The van der Waals surface area contributed by atoms with E-state index in [4.69, 9.17) is 0 Å². The van der Waals surface area contributed by atoms with E-state index in [-0.39, 0.29) is 0 Å². The molecule has 5 nitrogen and oxygen atoms in total. The highest BCUT2D eigenvalue weighted by molar-refractivity contribution is 5.78. The fraction of sp³-hybridized carbons (Fsp3) is 0.500. The van der Waals surface area contributed by atoms with Gasteiger partial charge in [-0.15, -0.1) is 0 Å². The fourth-order valence-corrected chi connectivity index (χ4v) is 2.20. The zero-order chi connectivity index (χ0) is 14.6. The van der Waals surface area contributed by atoms with Crippen LogP contribution in [0.2, 0.25) is 0 Å². The van der Waals surface area contributed by atoms with Crippen molar-refractivity contribution in [3.63, 3.8) is 0 Å². The molecule has 2 heterocycles. The second-order valence-corrected chi connectivity index (χ2v) is 5.06. The maximum absolute atomic E-state index is 3.36. The van der Waals surface area contributed by atoms with Gasteiger partial charge in [-0.3, -0.25) is 0 Å². The monoisotopic (exact) mass is 289 g/mol. The van der Waals surface area contributed by atoms with E-state index >= 15 is 0 Å². The van der Waals surface area contributed by atoms with Crippen molar-refractivity contribution in [1.29, 1.82) is 0 Å². The minimum atomic E-state index is 1.07.